The SMILES string of the molecule is Cc1cc(Nc2nc(NCc3ccc(F)cc3F)nc3c2cnn3C2CCN(C(=O)CCCCCCCCCc3cccc4c3C(=O)N(C3CCC(=O)NC3=O)C4=O)CC2)n[nH]1. The van der Waals surface area contributed by atoms with Crippen molar-refractivity contribution in [1.82, 2.24) is 45.1 Å². The van der Waals surface area contributed by atoms with Crippen LogP contribution in [-0.2, 0) is 27.3 Å². The fraction of sp³-hybridized carbons (Fsp3) is 0.432. The fourth-order valence-electron chi connectivity index (χ4n) is 8.60. The number of aromatic nitrogens is 6. The van der Waals surface area contributed by atoms with E-state index in [1.165, 1.54) is 12.1 Å². The Morgan fingerprint density at radius 2 is 1.66 bits per heavy atom. The molecule has 0 radical (unpaired) electrons. The van der Waals surface area contributed by atoms with Crippen molar-refractivity contribution in [3.05, 3.63) is 88.2 Å². The Morgan fingerprint density at radius 3 is 2.40 bits per heavy atom. The van der Waals surface area contributed by atoms with Crippen molar-refractivity contribution in [3.8, 4) is 0 Å². The van der Waals surface area contributed by atoms with E-state index in [0.717, 1.165) is 67.2 Å². The minimum absolute atomic E-state index is 0.00682. The Kier molecular flexibility index (Phi) is 12.6. The molecule has 2 fully saturated rings. The average Bonchev–Trinajstić information content (AvgIpc) is 3.95. The molecular formula is C44H49F2N11O5. The Hall–Kier alpha value is -6.59. The number of imide groups is 2. The van der Waals surface area contributed by atoms with E-state index >= 15 is 0 Å². The number of piperidine rings is 2. The van der Waals surface area contributed by atoms with Crippen LogP contribution in [0.25, 0.3) is 11.0 Å². The minimum Gasteiger partial charge on any atom is -0.350 e. The number of nitrogens with one attached hydrogen (secondary N) is 4. The van der Waals surface area contributed by atoms with Crippen molar-refractivity contribution in [2.75, 3.05) is 23.7 Å². The number of rotatable bonds is 17. The first kappa shape index (κ1) is 42.1. The molecule has 1 unspecified atom stereocenters. The lowest BCUT2D eigenvalue weighted by Crippen LogP contribution is -2.54. The van der Waals surface area contributed by atoms with Gasteiger partial charge in [-0.3, -0.25) is 39.3 Å². The van der Waals surface area contributed by atoms with Gasteiger partial charge in [0, 0.05) is 55.9 Å². The molecule has 1 atom stereocenters. The zero-order chi connectivity index (χ0) is 43.3. The summed E-state index contributed by atoms with van der Waals surface area (Å²) < 4.78 is 29.8. The number of unbranched alkanes of at least 4 members (excludes halogenated alkanes) is 6. The first-order valence-electron chi connectivity index (χ1n) is 21.4. The summed E-state index contributed by atoms with van der Waals surface area (Å²) in [5.41, 5.74) is 3.18. The highest BCUT2D eigenvalue weighted by Gasteiger charge is 2.45. The van der Waals surface area contributed by atoms with Crippen LogP contribution in [0.3, 0.4) is 0 Å². The molecule has 3 aromatic heterocycles. The molecule has 0 aliphatic carbocycles. The molecule has 62 heavy (non-hydrogen) atoms. The van der Waals surface area contributed by atoms with Crippen LogP contribution in [0.5, 0.6) is 0 Å². The molecule has 18 heteroatoms. The summed E-state index contributed by atoms with van der Waals surface area (Å²) in [4.78, 5) is 76.1. The van der Waals surface area contributed by atoms with Crippen LogP contribution >= 0.6 is 0 Å². The Morgan fingerprint density at radius 1 is 0.887 bits per heavy atom. The second kappa shape index (κ2) is 18.6. The van der Waals surface area contributed by atoms with E-state index in [9.17, 15) is 32.8 Å². The van der Waals surface area contributed by atoms with Crippen molar-refractivity contribution in [2.24, 2.45) is 0 Å². The Bertz CT molecular complexity index is 2510. The number of anilines is 3. The summed E-state index contributed by atoms with van der Waals surface area (Å²) in [6, 6.07) is 9.53. The van der Waals surface area contributed by atoms with Gasteiger partial charge < -0.3 is 15.5 Å². The summed E-state index contributed by atoms with van der Waals surface area (Å²) >= 11 is 0. The van der Waals surface area contributed by atoms with Crippen molar-refractivity contribution < 1.29 is 32.8 Å². The molecule has 4 N–H and O–H groups in total. The third-order valence-electron chi connectivity index (χ3n) is 11.9. The maximum absolute atomic E-state index is 14.4. The molecule has 3 aliphatic rings. The van der Waals surface area contributed by atoms with E-state index in [4.69, 9.17) is 10.1 Å². The second-order valence-corrected chi connectivity index (χ2v) is 16.2. The molecule has 5 amide bonds. The zero-order valence-electron chi connectivity index (χ0n) is 34.5. The summed E-state index contributed by atoms with van der Waals surface area (Å²) in [5.74, 6) is -1.89. The standard InChI is InChI=1S/C44H49F2N11O5/c1-26-22-35(54-53-26)49-39-32-25-48-57(40(32)52-44(51-39)47-24-28-14-15-29(45)23-33(28)46)30-18-20-55(21-19-30)37(59)13-8-6-4-2-3-5-7-10-27-11-9-12-31-38(27)43(62)56(42(31)61)34-16-17-36(58)50-41(34)60/h9,11-12,14-15,22-23,25,30,34H,2-8,10,13,16-21,24H2,1H3,(H,50,58,60)(H3,47,49,51,52,53,54). The quantitative estimate of drug-likeness (QED) is 0.0595. The lowest BCUT2D eigenvalue weighted by Gasteiger charge is -2.32. The van der Waals surface area contributed by atoms with Crippen molar-refractivity contribution in [2.45, 2.75) is 109 Å². The lowest BCUT2D eigenvalue weighted by atomic mass is 9.97. The van der Waals surface area contributed by atoms with Crippen LogP contribution in [0.1, 0.15) is 121 Å². The largest absolute Gasteiger partial charge is 0.350 e. The van der Waals surface area contributed by atoms with Gasteiger partial charge in [0.25, 0.3) is 11.8 Å². The molecule has 5 aromatic rings. The van der Waals surface area contributed by atoms with E-state index in [-0.39, 0.29) is 42.8 Å². The molecular weight excluding hydrogens is 801 g/mol. The predicted octanol–water partition coefficient (Wildman–Crippen LogP) is 6.42. The highest BCUT2D eigenvalue weighted by atomic mass is 19.1. The Balaban J connectivity index is 0.772. The van der Waals surface area contributed by atoms with Crippen molar-refractivity contribution >= 4 is 58.2 Å². The van der Waals surface area contributed by atoms with Crippen LogP contribution in [0.2, 0.25) is 0 Å². The van der Waals surface area contributed by atoms with Gasteiger partial charge in [0.05, 0.1) is 28.8 Å². The number of hydrogen-bond donors (Lipinski definition) is 4. The molecule has 16 nitrogen and oxygen atoms in total. The van der Waals surface area contributed by atoms with Crippen molar-refractivity contribution in [3.63, 3.8) is 0 Å². The topological polar surface area (TPSA) is 200 Å². The molecule has 2 saturated heterocycles. The van der Waals surface area contributed by atoms with Gasteiger partial charge in [-0.2, -0.15) is 20.2 Å². The summed E-state index contributed by atoms with van der Waals surface area (Å²) in [6.07, 6.45) is 11.1. The van der Waals surface area contributed by atoms with Crippen molar-refractivity contribution in [1.29, 1.82) is 0 Å². The number of halogens is 2. The number of carbonyl (C=O) groups excluding carboxylic acids is 5. The van der Waals surface area contributed by atoms with Crippen LogP contribution < -0.4 is 16.0 Å². The van der Waals surface area contributed by atoms with Gasteiger partial charge in [0.2, 0.25) is 23.7 Å². The Labute approximate surface area is 356 Å². The lowest BCUT2D eigenvalue weighted by molar-refractivity contribution is -0.136. The predicted molar refractivity (Wildman–Crippen MR) is 224 cm³/mol. The highest BCUT2D eigenvalue weighted by Crippen LogP contribution is 2.32. The molecule has 2 aromatic carbocycles. The summed E-state index contributed by atoms with van der Waals surface area (Å²) in [7, 11) is 0. The number of H-pyrrole nitrogens is 1. The molecule has 3 aliphatic heterocycles. The number of nitrogens with zero attached hydrogens (tertiary/aromatic N) is 7. The normalized spacial score (nSPS) is 16.9. The molecule has 0 saturated carbocycles. The first-order valence-corrected chi connectivity index (χ1v) is 21.4. The number of hydrogen-bond acceptors (Lipinski definition) is 11. The molecule has 324 valence electrons. The number of carbonyl (C=O) groups is 5. The summed E-state index contributed by atoms with van der Waals surface area (Å²) in [5, 5.41) is 21.1. The molecule has 0 bridgehead atoms. The third-order valence-corrected chi connectivity index (χ3v) is 11.9. The number of amides is 5. The van der Waals surface area contributed by atoms with Gasteiger partial charge in [-0.15, -0.1) is 0 Å². The number of benzene rings is 2. The van der Waals surface area contributed by atoms with Crippen LogP contribution in [0.15, 0.2) is 48.7 Å². The van der Waals surface area contributed by atoms with Gasteiger partial charge >= 0.3 is 0 Å². The molecule has 8 rings (SSSR count). The van der Waals surface area contributed by atoms with E-state index in [1.807, 2.05) is 28.6 Å². The zero-order valence-corrected chi connectivity index (χ0v) is 34.5. The monoisotopic (exact) mass is 849 g/mol. The van der Waals surface area contributed by atoms with Gasteiger partial charge in [-0.05, 0) is 63.1 Å². The van der Waals surface area contributed by atoms with Gasteiger partial charge in [-0.25, -0.2) is 13.5 Å². The number of aryl methyl sites for hydroxylation is 2. The number of fused-ring (bicyclic) bond motifs is 2. The van der Waals surface area contributed by atoms with Gasteiger partial charge in [0.15, 0.2) is 11.5 Å². The minimum atomic E-state index is -0.979. The molecule has 6 heterocycles. The maximum Gasteiger partial charge on any atom is 0.262 e. The first-order chi connectivity index (χ1) is 30.0. The van der Waals surface area contributed by atoms with E-state index in [2.05, 4.69) is 31.1 Å². The van der Waals surface area contributed by atoms with Gasteiger partial charge in [-0.1, -0.05) is 50.3 Å². The molecule has 0 spiro atoms. The van der Waals surface area contributed by atoms with E-state index in [0.29, 0.717) is 72.6 Å². The van der Waals surface area contributed by atoms with E-state index < -0.39 is 41.3 Å². The number of likely N-dealkylation sites (tertiary alicyclic amines) is 1. The van der Waals surface area contributed by atoms with Crippen LogP contribution in [0.4, 0.5) is 26.4 Å². The number of aromatic amines is 1. The fourth-order valence-corrected chi connectivity index (χ4v) is 8.60. The van der Waals surface area contributed by atoms with Crippen LogP contribution in [0, 0.1) is 18.6 Å². The van der Waals surface area contributed by atoms with Crippen LogP contribution in [-0.4, -0.2) is 88.4 Å². The summed E-state index contributed by atoms with van der Waals surface area (Å²) in [6.45, 7) is 3.12. The maximum atomic E-state index is 14.4. The smallest absolute Gasteiger partial charge is 0.262 e. The van der Waals surface area contributed by atoms with E-state index in [1.54, 1.807) is 18.3 Å². The van der Waals surface area contributed by atoms with Gasteiger partial charge in [0.1, 0.15) is 23.5 Å². The average molecular weight is 850 g/mol. The third kappa shape index (κ3) is 9.18. The highest BCUT2D eigenvalue weighted by molar-refractivity contribution is 6.24. The second-order valence-electron chi connectivity index (χ2n) is 16.2.